The Bertz CT molecular complexity index is 739. The lowest BCUT2D eigenvalue weighted by atomic mass is 10.1. The average molecular weight is 310 g/mol. The van der Waals surface area contributed by atoms with Gasteiger partial charge in [-0.15, -0.1) is 4.91 Å². The predicted molar refractivity (Wildman–Crippen MR) is 82.1 cm³/mol. The number of likely N-dealkylation sites (N-methyl/N-ethyl adjacent to an activating group) is 1. The second-order valence-corrected chi connectivity index (χ2v) is 6.80. The number of fused-ring (bicyclic) bond motifs is 1. The molecule has 0 atom stereocenters. The number of nitrogens with one attached hydrogen (secondary N) is 2. The van der Waals surface area contributed by atoms with Crippen molar-refractivity contribution in [1.29, 1.82) is 0 Å². The molecule has 0 fully saturated rings. The van der Waals surface area contributed by atoms with Gasteiger partial charge in [-0.05, 0) is 36.7 Å². The zero-order valence-electron chi connectivity index (χ0n) is 12.0. The summed E-state index contributed by atoms with van der Waals surface area (Å²) in [5.74, 6) is -0.0557. The molecule has 0 spiro atoms. The van der Waals surface area contributed by atoms with E-state index in [1.807, 2.05) is 18.3 Å². The first kappa shape index (κ1) is 15.5. The van der Waals surface area contributed by atoms with Gasteiger partial charge in [-0.25, -0.2) is 13.1 Å². The highest BCUT2D eigenvalue weighted by molar-refractivity contribution is 7.88. The Hall–Kier alpha value is -1.93. The largest absolute Gasteiger partial charge is 0.361 e. The molecular weight excluding hydrogens is 292 g/mol. The van der Waals surface area contributed by atoms with E-state index in [2.05, 4.69) is 15.0 Å². The normalized spacial score (nSPS) is 11.7. The number of nitroso groups, excluding NO2 is 1. The summed E-state index contributed by atoms with van der Waals surface area (Å²) in [6, 6.07) is 5.52. The fraction of sp³-hybridized carbons (Fsp3) is 0.385. The number of rotatable bonds is 7. The first-order valence-electron chi connectivity index (χ1n) is 6.49. The Kier molecular flexibility index (Phi) is 4.59. The van der Waals surface area contributed by atoms with E-state index in [4.69, 9.17) is 0 Å². The third-order valence-electron chi connectivity index (χ3n) is 3.34. The molecule has 0 aliphatic heterocycles. The Labute approximate surface area is 123 Å². The second kappa shape index (κ2) is 6.23. The SMILES string of the molecule is CNS(=O)(=O)Cc1ccc2[nH]cc(CCN(C)N=O)c2c1. The van der Waals surface area contributed by atoms with Crippen molar-refractivity contribution in [2.24, 2.45) is 5.29 Å². The topological polar surface area (TPSA) is 94.6 Å². The predicted octanol–water partition coefficient (Wildman–Crippen LogP) is 1.37. The Balaban J connectivity index is 2.26. The van der Waals surface area contributed by atoms with Crippen molar-refractivity contribution in [2.75, 3.05) is 20.6 Å². The van der Waals surface area contributed by atoms with Crippen molar-refractivity contribution in [1.82, 2.24) is 14.7 Å². The maximum Gasteiger partial charge on any atom is 0.215 e. The summed E-state index contributed by atoms with van der Waals surface area (Å²) in [7, 11) is -0.273. The van der Waals surface area contributed by atoms with Crippen molar-refractivity contribution in [3.05, 3.63) is 40.4 Å². The summed E-state index contributed by atoms with van der Waals surface area (Å²) >= 11 is 0. The van der Waals surface area contributed by atoms with Crippen LogP contribution in [0.5, 0.6) is 0 Å². The molecule has 1 aromatic carbocycles. The van der Waals surface area contributed by atoms with Crippen LogP contribution in [0.4, 0.5) is 0 Å². The fourth-order valence-corrected chi connectivity index (χ4v) is 2.90. The first-order valence-corrected chi connectivity index (χ1v) is 8.15. The van der Waals surface area contributed by atoms with Gasteiger partial charge >= 0.3 is 0 Å². The molecule has 1 aromatic heterocycles. The van der Waals surface area contributed by atoms with Crippen LogP contribution < -0.4 is 4.72 Å². The van der Waals surface area contributed by atoms with E-state index in [9.17, 15) is 13.3 Å². The van der Waals surface area contributed by atoms with Crippen LogP contribution in [0.2, 0.25) is 0 Å². The molecule has 21 heavy (non-hydrogen) atoms. The van der Waals surface area contributed by atoms with E-state index in [1.165, 1.54) is 12.1 Å². The number of hydrogen-bond donors (Lipinski definition) is 2. The minimum Gasteiger partial charge on any atom is -0.361 e. The molecule has 2 rings (SSSR count). The van der Waals surface area contributed by atoms with Crippen molar-refractivity contribution < 1.29 is 8.42 Å². The van der Waals surface area contributed by atoms with E-state index in [0.29, 0.717) is 13.0 Å². The minimum absolute atomic E-state index is 0.0557. The van der Waals surface area contributed by atoms with Gasteiger partial charge in [0.05, 0.1) is 11.0 Å². The van der Waals surface area contributed by atoms with Gasteiger partial charge in [0.25, 0.3) is 0 Å². The molecule has 8 heteroatoms. The van der Waals surface area contributed by atoms with Crippen LogP contribution in [0.1, 0.15) is 11.1 Å². The summed E-state index contributed by atoms with van der Waals surface area (Å²) < 4.78 is 25.5. The standard InChI is InChI=1S/C13H18N4O3S/c1-14-21(19,20)9-10-3-4-13-12(7-10)11(8-15-13)5-6-17(2)16-18/h3-4,7-8,14-15H,5-6,9H2,1-2H3. The number of aromatic nitrogens is 1. The highest BCUT2D eigenvalue weighted by Gasteiger charge is 2.11. The highest BCUT2D eigenvalue weighted by atomic mass is 32.2. The van der Waals surface area contributed by atoms with E-state index < -0.39 is 10.0 Å². The average Bonchev–Trinajstić information content (AvgIpc) is 2.86. The Morgan fingerprint density at radius 1 is 1.38 bits per heavy atom. The summed E-state index contributed by atoms with van der Waals surface area (Å²) in [5, 5.41) is 5.13. The third kappa shape index (κ3) is 3.79. The molecule has 114 valence electrons. The van der Waals surface area contributed by atoms with Crippen LogP contribution in [0.25, 0.3) is 10.9 Å². The van der Waals surface area contributed by atoms with Crippen LogP contribution in [0, 0.1) is 4.91 Å². The van der Waals surface area contributed by atoms with E-state index in [-0.39, 0.29) is 5.75 Å². The van der Waals surface area contributed by atoms with Gasteiger partial charge in [0.1, 0.15) is 0 Å². The maximum absolute atomic E-state index is 11.6. The first-order chi connectivity index (χ1) is 9.95. The lowest BCUT2D eigenvalue weighted by molar-refractivity contribution is 0.354. The number of H-pyrrole nitrogens is 1. The monoisotopic (exact) mass is 310 g/mol. The van der Waals surface area contributed by atoms with Gasteiger partial charge in [0.2, 0.25) is 10.0 Å². The van der Waals surface area contributed by atoms with E-state index in [1.54, 1.807) is 13.1 Å². The molecular formula is C13H18N4O3S. The quantitative estimate of drug-likeness (QED) is 0.596. The van der Waals surface area contributed by atoms with Crippen molar-refractivity contribution in [3.8, 4) is 0 Å². The lowest BCUT2D eigenvalue weighted by Gasteiger charge is -2.08. The maximum atomic E-state index is 11.6. The van der Waals surface area contributed by atoms with Crippen molar-refractivity contribution in [2.45, 2.75) is 12.2 Å². The molecule has 1 heterocycles. The van der Waals surface area contributed by atoms with Gasteiger partial charge in [-0.2, -0.15) is 0 Å². The molecule has 7 nitrogen and oxygen atoms in total. The summed E-state index contributed by atoms with van der Waals surface area (Å²) in [6.07, 6.45) is 2.53. The van der Waals surface area contributed by atoms with Crippen LogP contribution in [0.15, 0.2) is 29.7 Å². The minimum atomic E-state index is -3.29. The van der Waals surface area contributed by atoms with Gasteiger partial charge < -0.3 is 4.98 Å². The molecule has 2 N–H and O–H groups in total. The number of hydrogen-bond acceptors (Lipinski definition) is 4. The molecule has 0 radical (unpaired) electrons. The van der Waals surface area contributed by atoms with Crippen LogP contribution >= 0.6 is 0 Å². The van der Waals surface area contributed by atoms with Crippen LogP contribution in [-0.4, -0.2) is 39.1 Å². The molecule has 2 aromatic rings. The number of sulfonamides is 1. The molecule has 0 saturated carbocycles. The molecule has 0 aliphatic rings. The van der Waals surface area contributed by atoms with Crippen molar-refractivity contribution in [3.63, 3.8) is 0 Å². The zero-order valence-corrected chi connectivity index (χ0v) is 12.8. The zero-order chi connectivity index (χ0) is 15.5. The third-order valence-corrected chi connectivity index (χ3v) is 4.68. The molecule has 0 saturated heterocycles. The Morgan fingerprint density at radius 3 is 2.81 bits per heavy atom. The second-order valence-electron chi connectivity index (χ2n) is 4.87. The molecule has 0 bridgehead atoms. The number of nitrogens with zero attached hydrogens (tertiary/aromatic N) is 2. The summed E-state index contributed by atoms with van der Waals surface area (Å²) in [5.41, 5.74) is 2.70. The lowest BCUT2D eigenvalue weighted by Crippen LogP contribution is -2.20. The molecule has 0 aliphatic carbocycles. The van der Waals surface area contributed by atoms with E-state index >= 15 is 0 Å². The molecule has 0 amide bonds. The highest BCUT2D eigenvalue weighted by Crippen LogP contribution is 2.21. The van der Waals surface area contributed by atoms with Gasteiger partial charge in [0, 0.05) is 30.7 Å². The Morgan fingerprint density at radius 2 is 2.14 bits per heavy atom. The van der Waals surface area contributed by atoms with Crippen LogP contribution in [-0.2, 0) is 22.2 Å². The number of benzene rings is 1. The fourth-order valence-electron chi connectivity index (χ4n) is 2.14. The van der Waals surface area contributed by atoms with Gasteiger partial charge in [-0.1, -0.05) is 6.07 Å². The summed E-state index contributed by atoms with van der Waals surface area (Å²) in [6.45, 7) is 0.509. The van der Waals surface area contributed by atoms with Crippen molar-refractivity contribution >= 4 is 20.9 Å². The summed E-state index contributed by atoms with van der Waals surface area (Å²) in [4.78, 5) is 13.5. The van der Waals surface area contributed by atoms with Crippen LogP contribution in [0.3, 0.4) is 0 Å². The van der Waals surface area contributed by atoms with Gasteiger partial charge in [0.15, 0.2) is 0 Å². The number of aromatic amines is 1. The smallest absolute Gasteiger partial charge is 0.215 e. The molecule has 0 unspecified atom stereocenters. The van der Waals surface area contributed by atoms with E-state index in [0.717, 1.165) is 22.0 Å². The van der Waals surface area contributed by atoms with Gasteiger partial charge in [-0.3, -0.25) is 5.01 Å².